The fourth-order valence-corrected chi connectivity index (χ4v) is 7.66. The van der Waals surface area contributed by atoms with E-state index in [9.17, 15) is 0 Å². The Hall–Kier alpha value is -2.42. The van der Waals surface area contributed by atoms with Gasteiger partial charge in [0, 0.05) is 10.8 Å². The highest BCUT2D eigenvalue weighted by atomic mass is 16.6. The molecule has 2 heterocycles. The Morgan fingerprint density at radius 3 is 1.14 bits per heavy atom. The monoisotopic (exact) mass is 568 g/mol. The van der Waals surface area contributed by atoms with Crippen molar-refractivity contribution in [3.05, 3.63) is 107 Å². The van der Waals surface area contributed by atoms with Gasteiger partial charge in [0.2, 0.25) is 0 Å². The molecule has 0 aromatic heterocycles. The van der Waals surface area contributed by atoms with Crippen LogP contribution in [0.2, 0.25) is 0 Å². The molecule has 0 aromatic rings. The first-order chi connectivity index (χ1) is 19.6. The van der Waals surface area contributed by atoms with Gasteiger partial charge in [-0.1, -0.05) is 123 Å². The fraction of sp³-hybridized carbons (Fsp3) is 0.550. The van der Waals surface area contributed by atoms with Gasteiger partial charge < -0.3 is 9.47 Å². The van der Waals surface area contributed by atoms with Crippen molar-refractivity contribution in [3.8, 4) is 0 Å². The van der Waals surface area contributed by atoms with Crippen molar-refractivity contribution in [2.24, 2.45) is 10.8 Å². The lowest BCUT2D eigenvalue weighted by Crippen LogP contribution is -2.41. The molecule has 2 saturated heterocycles. The topological polar surface area (TPSA) is 25.1 Å². The molecule has 0 aromatic carbocycles. The summed E-state index contributed by atoms with van der Waals surface area (Å²) in [6.45, 7) is 22.5. The van der Waals surface area contributed by atoms with E-state index in [4.69, 9.17) is 9.47 Å². The molecule has 42 heavy (non-hydrogen) atoms. The van der Waals surface area contributed by atoms with Gasteiger partial charge in [-0.3, -0.25) is 0 Å². The van der Waals surface area contributed by atoms with Gasteiger partial charge >= 0.3 is 0 Å². The van der Waals surface area contributed by atoms with Gasteiger partial charge in [0.15, 0.2) is 0 Å². The predicted molar refractivity (Wildman–Crippen MR) is 180 cm³/mol. The molecule has 0 amide bonds. The average molecular weight is 569 g/mol. The summed E-state index contributed by atoms with van der Waals surface area (Å²) >= 11 is 0. The van der Waals surface area contributed by atoms with Crippen LogP contribution in [0.5, 0.6) is 0 Å². The van der Waals surface area contributed by atoms with Crippen molar-refractivity contribution in [2.45, 2.75) is 130 Å². The average Bonchev–Trinajstić information content (AvgIpc) is 3.75. The molecule has 2 saturated carbocycles. The molecule has 4 rings (SSSR count). The number of hydrogen-bond donors (Lipinski definition) is 0. The van der Waals surface area contributed by atoms with Crippen molar-refractivity contribution < 1.29 is 9.47 Å². The number of epoxide rings is 2. The van der Waals surface area contributed by atoms with Crippen molar-refractivity contribution >= 4 is 0 Å². The van der Waals surface area contributed by atoms with Gasteiger partial charge in [-0.25, -0.2) is 0 Å². The lowest BCUT2D eigenvalue weighted by molar-refractivity contribution is 0.166. The Kier molecular flexibility index (Phi) is 9.23. The Bertz CT molecular complexity index is 1200. The van der Waals surface area contributed by atoms with E-state index in [1.807, 2.05) is 0 Å². The summed E-state index contributed by atoms with van der Waals surface area (Å²) in [5, 5.41) is 0. The number of allylic oxidation sites excluding steroid dienone is 16. The second-order valence-electron chi connectivity index (χ2n) is 15.0. The summed E-state index contributed by atoms with van der Waals surface area (Å²) in [6, 6.07) is 0. The highest BCUT2D eigenvalue weighted by molar-refractivity contribution is 5.37. The summed E-state index contributed by atoms with van der Waals surface area (Å²) in [6.07, 6.45) is 37.8. The van der Waals surface area contributed by atoms with Gasteiger partial charge in [0.05, 0.1) is 11.2 Å². The maximum absolute atomic E-state index is 6.34. The normalized spacial score (nSPS) is 36.9. The lowest BCUT2D eigenvalue weighted by atomic mass is 9.64. The maximum Gasteiger partial charge on any atom is 0.121 e. The second kappa shape index (κ2) is 11.9. The predicted octanol–water partition coefficient (Wildman–Crippen LogP) is 11.0. The summed E-state index contributed by atoms with van der Waals surface area (Å²) in [7, 11) is 0. The van der Waals surface area contributed by atoms with Crippen molar-refractivity contribution in [3.63, 3.8) is 0 Å². The third kappa shape index (κ3) is 6.41. The minimum Gasteiger partial charge on any atom is -0.358 e. The van der Waals surface area contributed by atoms with Gasteiger partial charge in [0.25, 0.3) is 0 Å². The largest absolute Gasteiger partial charge is 0.358 e. The molecule has 4 unspecified atom stereocenters. The van der Waals surface area contributed by atoms with Crippen LogP contribution >= 0.6 is 0 Å². The number of ether oxygens (including phenoxy) is 2. The summed E-state index contributed by atoms with van der Waals surface area (Å²) in [5.74, 6) is 0. The minimum absolute atomic E-state index is 0.0169. The van der Waals surface area contributed by atoms with Crippen LogP contribution in [0.3, 0.4) is 0 Å². The first-order valence-corrected chi connectivity index (χ1v) is 16.1. The Morgan fingerprint density at radius 1 is 0.452 bits per heavy atom. The van der Waals surface area contributed by atoms with Gasteiger partial charge in [-0.15, -0.1) is 0 Å². The van der Waals surface area contributed by atoms with Gasteiger partial charge in [0.1, 0.15) is 11.2 Å². The summed E-state index contributed by atoms with van der Waals surface area (Å²) in [4.78, 5) is 0. The van der Waals surface area contributed by atoms with Crippen molar-refractivity contribution in [2.75, 3.05) is 0 Å². The van der Waals surface area contributed by atoms with E-state index in [0.717, 1.165) is 12.8 Å². The van der Waals surface area contributed by atoms with E-state index in [1.165, 1.54) is 48.0 Å². The highest BCUT2D eigenvalue weighted by Gasteiger charge is 2.73. The van der Waals surface area contributed by atoms with E-state index in [-0.39, 0.29) is 33.2 Å². The zero-order valence-corrected chi connectivity index (χ0v) is 28.1. The molecular weight excluding hydrogens is 512 g/mol. The van der Waals surface area contributed by atoms with Crippen LogP contribution < -0.4 is 0 Å². The summed E-state index contributed by atoms with van der Waals surface area (Å²) < 4.78 is 12.7. The van der Waals surface area contributed by atoms with Crippen LogP contribution in [0.4, 0.5) is 0 Å². The van der Waals surface area contributed by atoms with Crippen LogP contribution in [0.25, 0.3) is 0 Å². The van der Waals surface area contributed by atoms with Gasteiger partial charge in [-0.05, 0) is 92.2 Å². The molecule has 4 aliphatic rings. The lowest BCUT2D eigenvalue weighted by Gasteiger charge is -2.36. The van der Waals surface area contributed by atoms with Crippen molar-refractivity contribution in [1.82, 2.24) is 0 Å². The van der Waals surface area contributed by atoms with E-state index in [0.29, 0.717) is 0 Å². The number of fused-ring (bicyclic) bond motifs is 2. The molecule has 4 fully saturated rings. The fourth-order valence-electron chi connectivity index (χ4n) is 7.66. The van der Waals surface area contributed by atoms with Crippen LogP contribution in [0.15, 0.2) is 107 Å². The molecule has 0 radical (unpaired) electrons. The van der Waals surface area contributed by atoms with E-state index in [2.05, 4.69) is 154 Å². The van der Waals surface area contributed by atoms with Gasteiger partial charge in [-0.2, -0.15) is 0 Å². The molecule has 228 valence electrons. The molecule has 2 nitrogen and oxygen atoms in total. The van der Waals surface area contributed by atoms with Crippen LogP contribution in [-0.2, 0) is 9.47 Å². The Labute approximate surface area is 257 Å². The molecule has 2 heteroatoms. The molecule has 0 N–H and O–H groups in total. The van der Waals surface area contributed by atoms with Crippen LogP contribution in [0.1, 0.15) is 108 Å². The van der Waals surface area contributed by atoms with E-state index < -0.39 is 0 Å². The van der Waals surface area contributed by atoms with E-state index in [1.54, 1.807) is 0 Å². The highest BCUT2D eigenvalue weighted by Crippen LogP contribution is 2.67. The molecule has 2 aliphatic heterocycles. The molecule has 0 bridgehead atoms. The standard InChI is InChI=1S/C40H56O2/c1-31(19-13-21-33(3)23-29-39-35(5,6)25-15-27-37(39,9)41-39)17-11-12-18-32(2)20-14-22-34(4)24-30-40-36(7,8)26-16-28-38(40,10)42-40/h11-14,17-24,29-30H,15-16,25-28H2,1-10H3/b12-11+,19-13+,20-14+,29-23+,30-24+,31-17-,32-18+,33-21+,34-22+. The van der Waals surface area contributed by atoms with Crippen LogP contribution in [-0.4, -0.2) is 22.4 Å². The first kappa shape index (κ1) is 32.5. The zero-order valence-electron chi connectivity index (χ0n) is 28.1. The smallest absolute Gasteiger partial charge is 0.121 e. The molecular formula is C40H56O2. The third-order valence-corrected chi connectivity index (χ3v) is 10.6. The minimum atomic E-state index is -0.106. The first-order valence-electron chi connectivity index (χ1n) is 16.1. The SMILES string of the molecule is CC(=C/C=C/C=C(C)/C=C/C=C(C)/C=C/C12OC1(C)CCCC2(C)C)/C=C/C=C(C)/C=C/C12OC1(C)CCCC2(C)C. The maximum atomic E-state index is 6.34. The zero-order chi connectivity index (χ0) is 30.9. The third-order valence-electron chi connectivity index (χ3n) is 10.6. The van der Waals surface area contributed by atoms with E-state index >= 15 is 0 Å². The van der Waals surface area contributed by atoms with Crippen LogP contribution in [0, 0.1) is 10.8 Å². The number of rotatable bonds is 10. The second-order valence-corrected chi connectivity index (χ2v) is 15.0. The Morgan fingerprint density at radius 2 is 0.786 bits per heavy atom. The van der Waals surface area contributed by atoms with Crippen molar-refractivity contribution in [1.29, 1.82) is 0 Å². The summed E-state index contributed by atoms with van der Waals surface area (Å²) in [5.41, 5.74) is 5.11. The number of hydrogen-bond acceptors (Lipinski definition) is 2. The Balaban J connectivity index is 1.25. The molecule has 2 aliphatic carbocycles. The molecule has 0 spiro atoms. The quantitative estimate of drug-likeness (QED) is 0.193. The molecule has 4 atom stereocenters.